The van der Waals surface area contributed by atoms with E-state index in [4.69, 9.17) is 0 Å². The number of halogens is 2. The van der Waals surface area contributed by atoms with Crippen molar-refractivity contribution >= 4 is 21.2 Å². The van der Waals surface area contributed by atoms with Crippen molar-refractivity contribution in [3.63, 3.8) is 0 Å². The fourth-order valence-electron chi connectivity index (χ4n) is 2.89. The number of aromatic nitrogens is 3. The zero-order valence-corrected chi connectivity index (χ0v) is 15.8. The molecule has 2 aromatic carbocycles. The van der Waals surface area contributed by atoms with Gasteiger partial charge in [0.25, 0.3) is 5.56 Å². The van der Waals surface area contributed by atoms with Crippen LogP contribution in [0.2, 0.25) is 0 Å². The molecule has 4 rings (SSSR count). The Morgan fingerprint density at radius 2 is 1.86 bits per heavy atom. The van der Waals surface area contributed by atoms with Crippen molar-refractivity contribution in [2.45, 2.75) is 4.90 Å². The molecule has 0 N–H and O–H groups in total. The van der Waals surface area contributed by atoms with E-state index in [0.29, 0.717) is 17.3 Å². The maximum Gasteiger partial charge on any atom is 0.284 e. The van der Waals surface area contributed by atoms with Crippen LogP contribution in [0.15, 0.2) is 70.6 Å². The highest BCUT2D eigenvalue weighted by Gasteiger charge is 2.15. The molecular formula is C20H13F2N3O3S. The van der Waals surface area contributed by atoms with Crippen LogP contribution in [0.4, 0.5) is 8.78 Å². The molecule has 1 unspecified atom stereocenters. The average Bonchev–Trinajstić information content (AvgIpc) is 2.68. The van der Waals surface area contributed by atoms with Crippen LogP contribution in [0.5, 0.6) is 0 Å². The number of sulfone groups is 1. The van der Waals surface area contributed by atoms with Gasteiger partial charge in [-0.3, -0.25) is 9.36 Å². The summed E-state index contributed by atoms with van der Waals surface area (Å²) >= 11 is 0. The lowest BCUT2D eigenvalue weighted by Gasteiger charge is -2.10. The summed E-state index contributed by atoms with van der Waals surface area (Å²) in [5.74, 6) is -1.68. The summed E-state index contributed by atoms with van der Waals surface area (Å²) in [6.45, 7) is 0. The molecule has 1 atom stereocenters. The van der Waals surface area contributed by atoms with Crippen LogP contribution in [-0.2, 0) is 14.4 Å². The van der Waals surface area contributed by atoms with Gasteiger partial charge >= 0.3 is 0 Å². The highest BCUT2D eigenvalue weighted by Crippen LogP contribution is 2.24. The van der Waals surface area contributed by atoms with E-state index in [2.05, 4.69) is 9.97 Å². The molecule has 0 saturated carbocycles. The second-order valence-corrected chi connectivity index (χ2v) is 8.40. The summed E-state index contributed by atoms with van der Waals surface area (Å²) in [5.41, 5.74) is 0.325. The van der Waals surface area contributed by atoms with Crippen LogP contribution in [0.1, 0.15) is 0 Å². The molecule has 0 aliphatic heterocycles. The molecule has 0 radical (unpaired) electrons. The number of pyridine rings is 1. The number of nitrogens with zero attached hydrogens (tertiary/aromatic N) is 3. The molecule has 6 nitrogen and oxygen atoms in total. The lowest BCUT2D eigenvalue weighted by Crippen LogP contribution is -2.21. The van der Waals surface area contributed by atoms with Gasteiger partial charge in [0.05, 0.1) is 27.1 Å². The fraction of sp³-hybridized carbons (Fsp3) is 0.0500. The van der Waals surface area contributed by atoms with Gasteiger partial charge in [-0.1, -0.05) is 12.1 Å². The summed E-state index contributed by atoms with van der Waals surface area (Å²) < 4.78 is 51.8. The second kappa shape index (κ2) is 6.94. The SMILES string of the molecule is C[S+](=O)([O-])c1cccc(-c2ccc3ncn(-c4ccc(F)cc4F)c(=O)c3n2)c1. The molecule has 0 bridgehead atoms. The zero-order chi connectivity index (χ0) is 20.8. The largest absolute Gasteiger partial charge is 0.610 e. The van der Waals surface area contributed by atoms with Crippen LogP contribution >= 0.6 is 0 Å². The van der Waals surface area contributed by atoms with E-state index in [1.54, 1.807) is 24.3 Å². The van der Waals surface area contributed by atoms with Gasteiger partial charge in [0, 0.05) is 17.7 Å². The maximum atomic E-state index is 14.1. The summed E-state index contributed by atoms with van der Waals surface area (Å²) in [6, 6.07) is 12.2. The van der Waals surface area contributed by atoms with Crippen molar-refractivity contribution in [1.82, 2.24) is 14.5 Å². The molecular weight excluding hydrogens is 400 g/mol. The molecule has 0 spiro atoms. The Morgan fingerprint density at radius 3 is 2.59 bits per heavy atom. The molecule has 2 aromatic heterocycles. The van der Waals surface area contributed by atoms with Gasteiger partial charge in [0.2, 0.25) is 0 Å². The van der Waals surface area contributed by atoms with Gasteiger partial charge in [0.15, 0.2) is 10.4 Å². The molecule has 2 heterocycles. The van der Waals surface area contributed by atoms with Crippen molar-refractivity contribution in [3.05, 3.63) is 82.9 Å². The fourth-order valence-corrected chi connectivity index (χ4v) is 3.56. The minimum atomic E-state index is -3.41. The highest BCUT2D eigenvalue weighted by molar-refractivity contribution is 7.97. The Balaban J connectivity index is 1.89. The van der Waals surface area contributed by atoms with Crippen LogP contribution in [0.3, 0.4) is 0 Å². The molecule has 0 aliphatic rings. The predicted octanol–water partition coefficient (Wildman–Crippen LogP) is 3.34. The van der Waals surface area contributed by atoms with Crippen LogP contribution in [0, 0.1) is 11.6 Å². The van der Waals surface area contributed by atoms with Gasteiger partial charge in [-0.2, -0.15) is 0 Å². The molecule has 0 aliphatic carbocycles. The first-order chi connectivity index (χ1) is 13.7. The van der Waals surface area contributed by atoms with Crippen molar-refractivity contribution < 1.29 is 17.5 Å². The second-order valence-electron chi connectivity index (χ2n) is 6.38. The molecule has 0 amide bonds. The van der Waals surface area contributed by atoms with E-state index >= 15 is 0 Å². The first kappa shape index (κ1) is 19.0. The third-order valence-electron chi connectivity index (χ3n) is 4.33. The molecule has 9 heteroatoms. The van der Waals surface area contributed by atoms with Crippen LogP contribution < -0.4 is 5.56 Å². The lowest BCUT2D eigenvalue weighted by atomic mass is 10.1. The normalized spacial score (nSPS) is 13.4. The first-order valence-corrected chi connectivity index (χ1v) is 10.3. The van der Waals surface area contributed by atoms with Gasteiger partial charge in [-0.15, -0.1) is 4.21 Å². The Labute approximate surface area is 164 Å². The van der Waals surface area contributed by atoms with Gasteiger partial charge in [-0.25, -0.2) is 18.7 Å². The molecule has 0 fully saturated rings. The molecule has 29 heavy (non-hydrogen) atoms. The Bertz CT molecular complexity index is 1360. The Kier molecular flexibility index (Phi) is 4.56. The van der Waals surface area contributed by atoms with Crippen molar-refractivity contribution in [1.29, 1.82) is 0 Å². The number of benzene rings is 2. The highest BCUT2D eigenvalue weighted by atomic mass is 32.3. The average molecular weight is 413 g/mol. The number of hydrogen-bond acceptors (Lipinski definition) is 5. The van der Waals surface area contributed by atoms with Crippen molar-refractivity contribution in [3.8, 4) is 16.9 Å². The summed E-state index contributed by atoms with van der Waals surface area (Å²) in [4.78, 5) is 21.4. The van der Waals surface area contributed by atoms with E-state index in [1.165, 1.54) is 12.1 Å². The number of fused-ring (bicyclic) bond motifs is 1. The van der Waals surface area contributed by atoms with Gasteiger partial charge in [0.1, 0.15) is 24.2 Å². The van der Waals surface area contributed by atoms with E-state index in [-0.39, 0.29) is 21.6 Å². The minimum Gasteiger partial charge on any atom is -0.610 e. The standard InChI is InChI=1S/C20H13F2N3O3S/c1-29(27,28)14-4-2-3-12(9-14)16-6-7-17-19(24-16)20(26)25(11-23-17)18-8-5-13(21)10-15(18)22/h2-11H,1H3. The zero-order valence-electron chi connectivity index (χ0n) is 15.0. The van der Waals surface area contributed by atoms with Crippen LogP contribution in [-0.4, -0.2) is 25.3 Å². The van der Waals surface area contributed by atoms with Gasteiger partial charge in [-0.05, 0) is 30.3 Å². The first-order valence-electron chi connectivity index (χ1n) is 8.38. The predicted molar refractivity (Wildman–Crippen MR) is 104 cm³/mol. The summed E-state index contributed by atoms with van der Waals surface area (Å²) in [6.07, 6.45) is 2.24. The summed E-state index contributed by atoms with van der Waals surface area (Å²) in [5, 5.41) is 0. The van der Waals surface area contributed by atoms with E-state index < -0.39 is 27.4 Å². The number of rotatable bonds is 3. The molecule has 146 valence electrons. The smallest absolute Gasteiger partial charge is 0.284 e. The quantitative estimate of drug-likeness (QED) is 0.481. The Morgan fingerprint density at radius 1 is 1.07 bits per heavy atom. The molecule has 0 saturated heterocycles. The maximum absolute atomic E-state index is 14.1. The lowest BCUT2D eigenvalue weighted by molar-refractivity contribution is 0.484. The van der Waals surface area contributed by atoms with Crippen molar-refractivity contribution in [2.75, 3.05) is 6.26 Å². The number of hydrogen-bond donors (Lipinski definition) is 0. The van der Waals surface area contributed by atoms with E-state index in [1.807, 2.05) is 0 Å². The van der Waals surface area contributed by atoms with Crippen LogP contribution in [0.25, 0.3) is 28.0 Å². The monoisotopic (exact) mass is 413 g/mol. The topological polar surface area (TPSA) is 87.9 Å². The van der Waals surface area contributed by atoms with Crippen molar-refractivity contribution in [2.24, 2.45) is 0 Å². The molecule has 4 aromatic rings. The van der Waals surface area contributed by atoms with E-state index in [9.17, 15) is 22.3 Å². The summed E-state index contributed by atoms with van der Waals surface area (Å²) in [7, 11) is -3.41. The minimum absolute atomic E-state index is 0.0292. The van der Waals surface area contributed by atoms with Gasteiger partial charge < -0.3 is 4.55 Å². The van der Waals surface area contributed by atoms with E-state index in [0.717, 1.165) is 29.3 Å². The third kappa shape index (κ3) is 3.57. The Hall–Kier alpha value is -3.30. The third-order valence-corrected chi connectivity index (χ3v) is 5.45.